The number of aryl methyl sites for hydroxylation is 1. The van der Waals surface area contributed by atoms with Gasteiger partial charge in [0.15, 0.2) is 0 Å². The second-order valence-corrected chi connectivity index (χ2v) is 11.5. The second-order valence-electron chi connectivity index (χ2n) is 10.6. The van der Waals surface area contributed by atoms with Crippen molar-refractivity contribution in [1.29, 1.82) is 0 Å². The molecule has 4 aromatic carbocycles. The number of benzene rings is 4. The van der Waals surface area contributed by atoms with Crippen LogP contribution in [0.3, 0.4) is 0 Å². The molecule has 0 saturated carbocycles. The minimum Gasteiger partial charge on any atom is -0.493 e. The van der Waals surface area contributed by atoms with Gasteiger partial charge in [0.05, 0.1) is 12.3 Å². The summed E-state index contributed by atoms with van der Waals surface area (Å²) in [5, 5.41) is 14.0. The van der Waals surface area contributed by atoms with Crippen molar-refractivity contribution >= 4 is 28.1 Å². The number of aromatic nitrogens is 1. The summed E-state index contributed by atoms with van der Waals surface area (Å²) in [6, 6.07) is 33.1. The Labute approximate surface area is 254 Å². The van der Waals surface area contributed by atoms with Crippen molar-refractivity contribution in [2.75, 3.05) is 6.61 Å². The Hall–Kier alpha value is -4.88. The number of carbonyl (C=O) groups is 1. The highest BCUT2D eigenvalue weighted by molar-refractivity contribution is 7.13. The first-order chi connectivity index (χ1) is 20.9. The van der Waals surface area contributed by atoms with Gasteiger partial charge in [-0.25, -0.2) is 9.78 Å². The lowest BCUT2D eigenvalue weighted by atomic mass is 9.92. The molecule has 0 aliphatic carbocycles. The van der Waals surface area contributed by atoms with Gasteiger partial charge in [0.2, 0.25) is 11.5 Å². The number of para-hydroxylation sites is 1. The van der Waals surface area contributed by atoms with Crippen molar-refractivity contribution in [1.82, 2.24) is 4.98 Å². The molecule has 216 valence electrons. The molecule has 0 aliphatic rings. The Morgan fingerprint density at radius 2 is 1.60 bits per heavy atom. The highest BCUT2D eigenvalue weighted by atomic mass is 32.1. The minimum atomic E-state index is -1.45. The molecule has 0 saturated heterocycles. The van der Waals surface area contributed by atoms with Crippen molar-refractivity contribution < 1.29 is 23.8 Å². The molecule has 1 unspecified atom stereocenters. The highest BCUT2D eigenvalue weighted by Gasteiger charge is 2.36. The Bertz CT molecular complexity index is 1840. The Balaban J connectivity index is 1.16. The van der Waals surface area contributed by atoms with Crippen LogP contribution in [0.5, 0.6) is 11.5 Å². The average Bonchev–Trinajstić information content (AvgIpc) is 3.69. The number of hydrogen-bond acceptors (Lipinski definition) is 6. The predicted octanol–water partition coefficient (Wildman–Crippen LogP) is 8.62. The molecular weight excluding hydrogens is 558 g/mol. The summed E-state index contributed by atoms with van der Waals surface area (Å²) >= 11 is 1.71. The lowest BCUT2D eigenvalue weighted by Crippen LogP contribution is -2.43. The van der Waals surface area contributed by atoms with Crippen LogP contribution in [0.1, 0.15) is 23.9 Å². The van der Waals surface area contributed by atoms with E-state index in [0.717, 1.165) is 39.1 Å². The van der Waals surface area contributed by atoms with E-state index >= 15 is 0 Å². The normalized spacial score (nSPS) is 12.6. The lowest BCUT2D eigenvalue weighted by Gasteiger charge is -2.27. The SMILES string of the molecule is Cc1oc(-c2ccc(-c3cccs3)cc2)nc1CCOc1ccc(CC(C)(Oc2ccccc2)C(=O)O)c2ccccc12. The monoisotopic (exact) mass is 589 g/mol. The summed E-state index contributed by atoms with van der Waals surface area (Å²) in [6.45, 7) is 3.94. The fourth-order valence-corrected chi connectivity index (χ4v) is 5.88. The highest BCUT2D eigenvalue weighted by Crippen LogP contribution is 2.33. The number of carboxylic acids is 1. The molecule has 2 aromatic heterocycles. The van der Waals surface area contributed by atoms with Gasteiger partial charge in [-0.2, -0.15) is 0 Å². The summed E-state index contributed by atoms with van der Waals surface area (Å²) in [5.41, 5.74) is 2.38. The van der Waals surface area contributed by atoms with Crippen LogP contribution in [0.4, 0.5) is 0 Å². The fourth-order valence-electron chi connectivity index (χ4n) is 5.14. The van der Waals surface area contributed by atoms with Gasteiger partial charge in [0.1, 0.15) is 17.3 Å². The molecule has 6 rings (SSSR count). The number of rotatable bonds is 11. The van der Waals surface area contributed by atoms with Crippen LogP contribution in [0, 0.1) is 6.92 Å². The first kappa shape index (κ1) is 28.2. The molecule has 2 heterocycles. The topological polar surface area (TPSA) is 81.8 Å². The predicted molar refractivity (Wildman–Crippen MR) is 170 cm³/mol. The second kappa shape index (κ2) is 12.2. The molecule has 0 radical (unpaired) electrons. The van der Waals surface area contributed by atoms with Crippen LogP contribution < -0.4 is 9.47 Å². The van der Waals surface area contributed by atoms with E-state index < -0.39 is 11.6 Å². The van der Waals surface area contributed by atoms with Gasteiger partial charge < -0.3 is 19.0 Å². The Morgan fingerprint density at radius 1 is 0.884 bits per heavy atom. The van der Waals surface area contributed by atoms with E-state index in [1.54, 1.807) is 30.4 Å². The van der Waals surface area contributed by atoms with E-state index in [1.165, 1.54) is 10.4 Å². The molecule has 6 nitrogen and oxygen atoms in total. The molecule has 7 heteroatoms. The van der Waals surface area contributed by atoms with Crippen LogP contribution >= 0.6 is 11.3 Å². The van der Waals surface area contributed by atoms with E-state index in [0.29, 0.717) is 24.7 Å². The maximum Gasteiger partial charge on any atom is 0.348 e. The Kier molecular flexibility index (Phi) is 7.99. The van der Waals surface area contributed by atoms with Gasteiger partial charge in [-0.1, -0.05) is 66.7 Å². The van der Waals surface area contributed by atoms with Crippen molar-refractivity contribution in [2.45, 2.75) is 32.3 Å². The van der Waals surface area contributed by atoms with E-state index in [2.05, 4.69) is 23.6 Å². The van der Waals surface area contributed by atoms with Crippen molar-refractivity contribution in [3.8, 4) is 33.4 Å². The summed E-state index contributed by atoms with van der Waals surface area (Å²) in [4.78, 5) is 18.3. The average molecular weight is 590 g/mol. The van der Waals surface area contributed by atoms with E-state index in [4.69, 9.17) is 18.9 Å². The zero-order valence-corrected chi connectivity index (χ0v) is 24.8. The lowest BCUT2D eigenvalue weighted by molar-refractivity contribution is -0.153. The molecular formula is C36H31NO5S. The van der Waals surface area contributed by atoms with E-state index in [9.17, 15) is 9.90 Å². The number of ether oxygens (including phenoxy) is 2. The fraction of sp³-hybridized carbons (Fsp3) is 0.167. The van der Waals surface area contributed by atoms with Crippen molar-refractivity contribution in [2.24, 2.45) is 0 Å². The number of fused-ring (bicyclic) bond motifs is 1. The molecule has 0 aliphatic heterocycles. The van der Waals surface area contributed by atoms with Gasteiger partial charge in [0.25, 0.3) is 0 Å². The molecule has 1 N–H and O–H groups in total. The number of oxazole rings is 1. The Morgan fingerprint density at radius 3 is 2.33 bits per heavy atom. The molecule has 6 aromatic rings. The first-order valence-electron chi connectivity index (χ1n) is 14.1. The van der Waals surface area contributed by atoms with E-state index in [-0.39, 0.29) is 6.42 Å². The number of thiophene rings is 1. The van der Waals surface area contributed by atoms with Crippen molar-refractivity contribution in [3.05, 3.63) is 126 Å². The summed E-state index contributed by atoms with van der Waals surface area (Å²) in [6.07, 6.45) is 0.772. The quantitative estimate of drug-likeness (QED) is 0.163. The van der Waals surface area contributed by atoms with Crippen LogP contribution in [0.2, 0.25) is 0 Å². The molecule has 0 spiro atoms. The molecule has 0 amide bonds. The number of hydrogen-bond donors (Lipinski definition) is 1. The third-order valence-corrected chi connectivity index (χ3v) is 8.39. The van der Waals surface area contributed by atoms with Crippen LogP contribution in [-0.2, 0) is 17.6 Å². The maximum atomic E-state index is 12.3. The van der Waals surface area contributed by atoms with E-state index in [1.807, 2.05) is 79.7 Å². The maximum absolute atomic E-state index is 12.3. The van der Waals surface area contributed by atoms with Gasteiger partial charge in [-0.3, -0.25) is 0 Å². The van der Waals surface area contributed by atoms with Gasteiger partial charge in [0, 0.05) is 28.7 Å². The zero-order valence-electron chi connectivity index (χ0n) is 23.9. The molecule has 1 atom stereocenters. The number of aliphatic carboxylic acids is 1. The third-order valence-electron chi connectivity index (χ3n) is 7.47. The number of carboxylic acid groups (broad SMARTS) is 1. The standard InChI is InChI=1S/C36H31NO5S/c1-24-31(37-34(41-24)26-16-14-25(15-17-26)33-13-8-22-43-33)20-21-40-32-19-18-27(29-11-6-7-12-30(29)32)23-36(2,35(38)39)42-28-9-4-3-5-10-28/h3-19,22H,20-21,23H2,1-2H3,(H,38,39). The third kappa shape index (κ3) is 6.17. The first-order valence-corrected chi connectivity index (χ1v) is 15.0. The summed E-state index contributed by atoms with van der Waals surface area (Å²) in [5.74, 6) is 1.58. The zero-order chi connectivity index (χ0) is 29.8. The van der Waals surface area contributed by atoms with Gasteiger partial charge in [-0.15, -0.1) is 11.3 Å². The van der Waals surface area contributed by atoms with Crippen molar-refractivity contribution in [3.63, 3.8) is 0 Å². The largest absolute Gasteiger partial charge is 0.493 e. The van der Waals surface area contributed by atoms with Crippen LogP contribution in [0.25, 0.3) is 32.7 Å². The van der Waals surface area contributed by atoms with Gasteiger partial charge >= 0.3 is 5.97 Å². The minimum absolute atomic E-state index is 0.188. The van der Waals surface area contributed by atoms with Crippen LogP contribution in [0.15, 0.2) is 113 Å². The molecule has 0 bridgehead atoms. The molecule has 0 fully saturated rings. The van der Waals surface area contributed by atoms with Gasteiger partial charge in [-0.05, 0) is 72.1 Å². The smallest absolute Gasteiger partial charge is 0.348 e. The molecule has 43 heavy (non-hydrogen) atoms. The summed E-state index contributed by atoms with van der Waals surface area (Å²) in [7, 11) is 0. The number of nitrogens with zero attached hydrogens (tertiary/aromatic N) is 1. The summed E-state index contributed by atoms with van der Waals surface area (Å²) < 4.78 is 18.2. The van der Waals surface area contributed by atoms with Crippen LogP contribution in [-0.4, -0.2) is 28.3 Å².